The summed E-state index contributed by atoms with van der Waals surface area (Å²) in [6.45, 7) is 0. The van der Waals surface area contributed by atoms with Gasteiger partial charge in [0, 0.05) is 47.6 Å². The number of non-ortho nitro benzene ring substituents is 1. The summed E-state index contributed by atoms with van der Waals surface area (Å²) in [5.74, 6) is 0. The number of fused-ring (bicyclic) bond motifs is 2. The first-order valence-corrected chi connectivity index (χ1v) is 14.5. The maximum Gasteiger partial charge on any atom is 0.269 e. The fraction of sp³-hybridized carbons (Fsp3) is 0.0256. The minimum atomic E-state index is -0.382. The number of hydrogen-bond acceptors (Lipinski definition) is 4. The van der Waals surface area contributed by atoms with Crippen molar-refractivity contribution in [2.24, 2.45) is 0 Å². The van der Waals surface area contributed by atoms with Crippen molar-refractivity contribution in [2.45, 2.75) is 0 Å². The Hall–Kier alpha value is -5.94. The van der Waals surface area contributed by atoms with Crippen LogP contribution in [0.2, 0.25) is 0 Å². The summed E-state index contributed by atoms with van der Waals surface area (Å²) in [6.07, 6.45) is 0. The number of benzene rings is 7. The standard InChI is InChI=1S/C39H29N3O2/c1-40(35-22-24-37(25-23-35)42(43)44)34-16-10-30(11-17-34)31-12-18-36(19-13-31)41(38-20-14-28-6-2-4-8-32(28)26-38)39-21-15-29-7-3-5-9-33(29)27-39/h2-27H,1H3. The molecule has 0 saturated carbocycles. The van der Waals surface area contributed by atoms with Crippen molar-refractivity contribution in [3.63, 3.8) is 0 Å². The zero-order valence-corrected chi connectivity index (χ0v) is 24.2. The second-order valence-electron chi connectivity index (χ2n) is 10.8. The molecule has 212 valence electrons. The molecular formula is C39H29N3O2. The van der Waals surface area contributed by atoms with Crippen molar-refractivity contribution in [3.8, 4) is 11.1 Å². The van der Waals surface area contributed by atoms with Gasteiger partial charge in [-0.15, -0.1) is 0 Å². The van der Waals surface area contributed by atoms with Crippen LogP contribution in [-0.2, 0) is 0 Å². The van der Waals surface area contributed by atoms with Crippen molar-refractivity contribution >= 4 is 55.7 Å². The van der Waals surface area contributed by atoms with Crippen LogP contribution in [0.5, 0.6) is 0 Å². The van der Waals surface area contributed by atoms with Crippen molar-refractivity contribution in [2.75, 3.05) is 16.8 Å². The van der Waals surface area contributed by atoms with Crippen molar-refractivity contribution in [1.29, 1.82) is 0 Å². The molecule has 0 amide bonds. The average Bonchev–Trinajstić information content (AvgIpc) is 3.08. The molecule has 0 N–H and O–H groups in total. The summed E-state index contributed by atoms with van der Waals surface area (Å²) in [6, 6.07) is 53.8. The van der Waals surface area contributed by atoms with Crippen LogP contribution in [0.3, 0.4) is 0 Å². The average molecular weight is 572 g/mol. The van der Waals surface area contributed by atoms with E-state index in [4.69, 9.17) is 0 Å². The van der Waals surface area contributed by atoms with Crippen LogP contribution in [0.1, 0.15) is 0 Å². The quantitative estimate of drug-likeness (QED) is 0.141. The molecule has 0 radical (unpaired) electrons. The summed E-state index contributed by atoms with van der Waals surface area (Å²) in [5.41, 5.74) is 7.48. The maximum absolute atomic E-state index is 11.0. The van der Waals surface area contributed by atoms with Crippen LogP contribution in [0.25, 0.3) is 32.7 Å². The number of rotatable bonds is 7. The number of anilines is 5. The van der Waals surface area contributed by atoms with Crippen LogP contribution in [0.15, 0.2) is 158 Å². The van der Waals surface area contributed by atoms with E-state index in [2.05, 4.69) is 138 Å². The normalized spacial score (nSPS) is 11.0. The number of nitro benzene ring substituents is 1. The van der Waals surface area contributed by atoms with Crippen molar-refractivity contribution in [1.82, 2.24) is 0 Å². The molecule has 0 aliphatic heterocycles. The first-order chi connectivity index (χ1) is 21.5. The summed E-state index contributed by atoms with van der Waals surface area (Å²) in [4.78, 5) is 15.0. The molecule has 0 heterocycles. The van der Waals surface area contributed by atoms with E-state index in [1.54, 1.807) is 12.1 Å². The Morgan fingerprint density at radius 2 is 0.841 bits per heavy atom. The first-order valence-electron chi connectivity index (χ1n) is 14.5. The molecule has 0 aromatic heterocycles. The lowest BCUT2D eigenvalue weighted by Gasteiger charge is -2.26. The van der Waals surface area contributed by atoms with Crippen LogP contribution >= 0.6 is 0 Å². The second kappa shape index (κ2) is 11.4. The lowest BCUT2D eigenvalue weighted by molar-refractivity contribution is -0.384. The largest absolute Gasteiger partial charge is 0.345 e. The zero-order valence-electron chi connectivity index (χ0n) is 24.2. The molecule has 0 aliphatic rings. The number of hydrogen-bond donors (Lipinski definition) is 0. The van der Waals surface area contributed by atoms with E-state index >= 15 is 0 Å². The minimum Gasteiger partial charge on any atom is -0.345 e. The highest BCUT2D eigenvalue weighted by atomic mass is 16.6. The fourth-order valence-corrected chi connectivity index (χ4v) is 5.71. The summed E-state index contributed by atoms with van der Waals surface area (Å²) in [5, 5.41) is 15.8. The van der Waals surface area contributed by atoms with E-state index in [-0.39, 0.29) is 10.6 Å². The molecule has 0 bridgehead atoms. The molecule has 7 aromatic carbocycles. The molecule has 5 heteroatoms. The molecule has 0 aliphatic carbocycles. The van der Waals surface area contributed by atoms with Gasteiger partial charge in [-0.05, 0) is 93.3 Å². The van der Waals surface area contributed by atoms with Gasteiger partial charge >= 0.3 is 0 Å². The predicted molar refractivity (Wildman–Crippen MR) is 183 cm³/mol. The fourth-order valence-electron chi connectivity index (χ4n) is 5.71. The zero-order chi connectivity index (χ0) is 30.0. The van der Waals surface area contributed by atoms with E-state index in [9.17, 15) is 10.1 Å². The van der Waals surface area contributed by atoms with Gasteiger partial charge in [-0.2, -0.15) is 0 Å². The van der Waals surface area contributed by atoms with Crippen LogP contribution in [0, 0.1) is 10.1 Å². The van der Waals surface area contributed by atoms with Crippen molar-refractivity contribution in [3.05, 3.63) is 168 Å². The van der Waals surface area contributed by atoms with Gasteiger partial charge in [-0.3, -0.25) is 10.1 Å². The van der Waals surface area contributed by atoms with E-state index in [0.29, 0.717) is 0 Å². The Morgan fingerprint density at radius 1 is 0.455 bits per heavy atom. The van der Waals surface area contributed by atoms with E-state index in [1.165, 1.54) is 33.7 Å². The Kier molecular flexibility index (Phi) is 6.97. The second-order valence-corrected chi connectivity index (χ2v) is 10.8. The predicted octanol–water partition coefficient (Wildman–Crippen LogP) is 10.8. The van der Waals surface area contributed by atoms with E-state index in [0.717, 1.165) is 39.6 Å². The van der Waals surface area contributed by atoms with Crippen LogP contribution in [0.4, 0.5) is 34.1 Å². The molecule has 0 fully saturated rings. The smallest absolute Gasteiger partial charge is 0.269 e. The van der Waals surface area contributed by atoms with Crippen molar-refractivity contribution < 1.29 is 4.92 Å². The molecule has 7 aromatic rings. The van der Waals surface area contributed by atoms with Gasteiger partial charge in [0.05, 0.1) is 4.92 Å². The SMILES string of the molecule is CN(c1ccc(-c2ccc(N(c3ccc4ccccc4c3)c3ccc4ccccc4c3)cc2)cc1)c1ccc([N+](=O)[O-])cc1. The third-order valence-electron chi connectivity index (χ3n) is 8.14. The number of nitro groups is 1. The van der Waals surface area contributed by atoms with Crippen LogP contribution in [-0.4, -0.2) is 12.0 Å². The molecule has 5 nitrogen and oxygen atoms in total. The highest BCUT2D eigenvalue weighted by Gasteiger charge is 2.15. The Morgan fingerprint density at radius 3 is 1.30 bits per heavy atom. The van der Waals surface area contributed by atoms with Gasteiger partial charge in [0.1, 0.15) is 0 Å². The molecule has 0 spiro atoms. The summed E-state index contributed by atoms with van der Waals surface area (Å²) < 4.78 is 0. The molecular weight excluding hydrogens is 542 g/mol. The van der Waals surface area contributed by atoms with Gasteiger partial charge < -0.3 is 9.80 Å². The van der Waals surface area contributed by atoms with Gasteiger partial charge in [-0.25, -0.2) is 0 Å². The van der Waals surface area contributed by atoms with Gasteiger partial charge in [0.15, 0.2) is 0 Å². The Labute approximate surface area is 256 Å². The van der Waals surface area contributed by atoms with Crippen LogP contribution < -0.4 is 9.80 Å². The maximum atomic E-state index is 11.0. The van der Waals surface area contributed by atoms with E-state index in [1.807, 2.05) is 11.9 Å². The van der Waals surface area contributed by atoms with E-state index < -0.39 is 0 Å². The minimum absolute atomic E-state index is 0.0840. The summed E-state index contributed by atoms with van der Waals surface area (Å²) in [7, 11) is 1.96. The molecule has 44 heavy (non-hydrogen) atoms. The summed E-state index contributed by atoms with van der Waals surface area (Å²) >= 11 is 0. The topological polar surface area (TPSA) is 49.6 Å². The lowest BCUT2D eigenvalue weighted by Crippen LogP contribution is -2.10. The molecule has 0 atom stereocenters. The third-order valence-corrected chi connectivity index (χ3v) is 8.14. The third kappa shape index (κ3) is 5.23. The monoisotopic (exact) mass is 571 g/mol. The van der Waals surface area contributed by atoms with Gasteiger partial charge in [-0.1, -0.05) is 84.9 Å². The lowest BCUT2D eigenvalue weighted by atomic mass is 10.0. The first kappa shape index (κ1) is 26.9. The molecule has 7 rings (SSSR count). The highest BCUT2D eigenvalue weighted by Crippen LogP contribution is 2.38. The Balaban J connectivity index is 1.20. The van der Waals surface area contributed by atoms with Gasteiger partial charge in [0.2, 0.25) is 0 Å². The molecule has 0 unspecified atom stereocenters. The molecule has 0 saturated heterocycles. The highest BCUT2D eigenvalue weighted by molar-refractivity contribution is 5.92. The Bertz CT molecular complexity index is 2030. The van der Waals surface area contributed by atoms with Gasteiger partial charge in [0.25, 0.3) is 5.69 Å². The number of nitrogens with zero attached hydrogens (tertiary/aromatic N) is 3.